The fraction of sp³-hybridized carbons (Fsp3) is 0.391. The Morgan fingerprint density at radius 2 is 1.92 bits per heavy atom. The second-order valence-electron chi connectivity index (χ2n) is 8.57. The zero-order valence-electron chi connectivity index (χ0n) is 20.5. The van der Waals surface area contributed by atoms with Crippen molar-refractivity contribution in [1.82, 2.24) is 29.5 Å². The molecule has 0 aliphatic carbocycles. The molecule has 0 spiro atoms. The van der Waals surface area contributed by atoms with Crippen LogP contribution in [0.4, 0.5) is 29.7 Å². The van der Waals surface area contributed by atoms with Crippen LogP contribution in [-0.4, -0.2) is 75.0 Å². The summed E-state index contributed by atoms with van der Waals surface area (Å²) in [4.78, 5) is 39.4. The lowest BCUT2D eigenvalue weighted by Crippen LogP contribution is -2.47. The molecule has 3 aromatic rings. The molecule has 0 unspecified atom stereocenters. The molecule has 0 saturated carbocycles. The normalized spacial score (nSPS) is 14.7. The van der Waals surface area contributed by atoms with E-state index in [1.807, 2.05) is 0 Å². The monoisotopic (exact) mass is 550 g/mol. The Bertz CT molecular complexity index is 1280. The third-order valence-electron chi connectivity index (χ3n) is 5.73. The van der Waals surface area contributed by atoms with E-state index >= 15 is 0 Å². The number of ether oxygens (including phenoxy) is 1. The predicted octanol–water partition coefficient (Wildman–Crippen LogP) is 3.40. The number of aromatic nitrogens is 4. The number of alkyl halides is 3. The van der Waals surface area contributed by atoms with E-state index in [4.69, 9.17) is 4.74 Å². The molecule has 4 heterocycles. The first kappa shape index (κ1) is 27.2. The zero-order valence-corrected chi connectivity index (χ0v) is 21.3. The number of rotatable bonds is 8. The van der Waals surface area contributed by atoms with Gasteiger partial charge in [-0.25, -0.2) is 9.97 Å². The molecule has 11 nitrogen and oxygen atoms in total. The van der Waals surface area contributed by atoms with Crippen molar-refractivity contribution < 1.29 is 27.5 Å². The van der Waals surface area contributed by atoms with Crippen molar-refractivity contribution in [1.29, 1.82) is 0 Å². The van der Waals surface area contributed by atoms with Gasteiger partial charge in [0.2, 0.25) is 5.88 Å². The molecule has 1 fully saturated rings. The fourth-order valence-electron chi connectivity index (χ4n) is 3.89. The molecular formula is C23H25F3N8O3S. The van der Waals surface area contributed by atoms with Gasteiger partial charge in [0, 0.05) is 25.2 Å². The molecule has 15 heteroatoms. The number of pyridine rings is 1. The minimum atomic E-state index is -4.25. The van der Waals surface area contributed by atoms with Gasteiger partial charge in [0.25, 0.3) is 11.8 Å². The smallest absolute Gasteiger partial charge is 0.401 e. The van der Waals surface area contributed by atoms with E-state index in [0.29, 0.717) is 40.7 Å². The molecule has 0 radical (unpaired) electrons. The summed E-state index contributed by atoms with van der Waals surface area (Å²) in [6.07, 6.45) is 0.707. The van der Waals surface area contributed by atoms with E-state index in [1.54, 1.807) is 19.1 Å². The highest BCUT2D eigenvalue weighted by Crippen LogP contribution is 2.28. The van der Waals surface area contributed by atoms with E-state index in [0.717, 1.165) is 11.5 Å². The largest absolute Gasteiger partial charge is 0.481 e. The number of methoxy groups -OCH3 is 1. The van der Waals surface area contributed by atoms with Crippen molar-refractivity contribution in [3.63, 3.8) is 0 Å². The molecule has 38 heavy (non-hydrogen) atoms. The third-order valence-corrected chi connectivity index (χ3v) is 6.58. The highest BCUT2D eigenvalue weighted by Gasteiger charge is 2.33. The van der Waals surface area contributed by atoms with Crippen LogP contribution in [0.5, 0.6) is 5.88 Å². The van der Waals surface area contributed by atoms with Gasteiger partial charge in [-0.2, -0.15) is 17.5 Å². The van der Waals surface area contributed by atoms with Crippen LogP contribution in [0.25, 0.3) is 0 Å². The molecular weight excluding hydrogens is 525 g/mol. The molecule has 4 rings (SSSR count). The number of nitrogens with one attached hydrogen (secondary N) is 3. The number of aryl methyl sites for hydroxylation is 1. The maximum absolute atomic E-state index is 12.9. The van der Waals surface area contributed by atoms with Gasteiger partial charge in [0.1, 0.15) is 16.5 Å². The van der Waals surface area contributed by atoms with Crippen molar-refractivity contribution in [2.45, 2.75) is 32.0 Å². The van der Waals surface area contributed by atoms with Crippen LogP contribution in [0, 0.1) is 6.92 Å². The Morgan fingerprint density at radius 1 is 1.16 bits per heavy atom. The van der Waals surface area contributed by atoms with Crippen LogP contribution < -0.4 is 20.7 Å². The summed E-state index contributed by atoms with van der Waals surface area (Å²) in [7, 11) is 1.49. The molecule has 1 aliphatic rings. The Morgan fingerprint density at radius 3 is 2.58 bits per heavy atom. The van der Waals surface area contributed by atoms with Gasteiger partial charge in [-0.15, -0.1) is 0 Å². The fourth-order valence-corrected chi connectivity index (χ4v) is 4.69. The van der Waals surface area contributed by atoms with Gasteiger partial charge in [-0.3, -0.25) is 19.5 Å². The predicted molar refractivity (Wildman–Crippen MR) is 134 cm³/mol. The van der Waals surface area contributed by atoms with Crippen LogP contribution in [0.1, 0.15) is 39.4 Å². The van der Waals surface area contributed by atoms with Gasteiger partial charge in [0.05, 0.1) is 49.2 Å². The van der Waals surface area contributed by atoms with Crippen molar-refractivity contribution in [2.24, 2.45) is 0 Å². The number of anilines is 3. The van der Waals surface area contributed by atoms with E-state index in [2.05, 4.69) is 35.3 Å². The quantitative estimate of drug-likeness (QED) is 0.386. The highest BCUT2D eigenvalue weighted by atomic mass is 32.1. The van der Waals surface area contributed by atoms with Crippen molar-refractivity contribution in [3.8, 4) is 5.88 Å². The van der Waals surface area contributed by atoms with E-state index in [-0.39, 0.29) is 30.6 Å². The number of carbonyl (C=O) groups excluding carboxylic acids is 2. The van der Waals surface area contributed by atoms with Crippen molar-refractivity contribution in [3.05, 3.63) is 47.7 Å². The van der Waals surface area contributed by atoms with Crippen molar-refractivity contribution >= 4 is 39.9 Å². The Hall–Kier alpha value is -3.85. The second-order valence-corrected chi connectivity index (χ2v) is 9.34. The molecule has 0 bridgehead atoms. The minimum Gasteiger partial charge on any atom is -0.481 e. The van der Waals surface area contributed by atoms with Gasteiger partial charge >= 0.3 is 6.18 Å². The SMILES string of the molecule is COc1ccc(NC(=O)c2c(C)nsc2Nc2cncc(C(=O)NC3CCN(CC(F)(F)F)CC3)n2)cn1. The molecule has 3 aromatic heterocycles. The lowest BCUT2D eigenvalue weighted by Gasteiger charge is -2.32. The number of nitrogens with zero attached hydrogens (tertiary/aromatic N) is 5. The Balaban J connectivity index is 1.38. The maximum Gasteiger partial charge on any atom is 0.401 e. The van der Waals surface area contributed by atoms with E-state index in [1.165, 1.54) is 30.6 Å². The van der Waals surface area contributed by atoms with E-state index < -0.39 is 24.5 Å². The minimum absolute atomic E-state index is 0.0317. The van der Waals surface area contributed by atoms with Gasteiger partial charge < -0.3 is 20.7 Å². The molecule has 0 aromatic carbocycles. The van der Waals surface area contributed by atoms with Crippen LogP contribution in [0.3, 0.4) is 0 Å². The van der Waals surface area contributed by atoms with Gasteiger partial charge in [-0.1, -0.05) is 0 Å². The number of amides is 2. The highest BCUT2D eigenvalue weighted by molar-refractivity contribution is 7.10. The number of hydrogen-bond acceptors (Lipinski definition) is 10. The maximum atomic E-state index is 12.9. The molecule has 3 N–H and O–H groups in total. The zero-order chi connectivity index (χ0) is 27.3. The summed E-state index contributed by atoms with van der Waals surface area (Å²) < 4.78 is 47.0. The molecule has 1 saturated heterocycles. The first-order valence-corrected chi connectivity index (χ1v) is 12.4. The number of hydrogen-bond donors (Lipinski definition) is 3. The number of carbonyl (C=O) groups is 2. The molecule has 2 amide bonds. The molecule has 0 atom stereocenters. The topological polar surface area (TPSA) is 134 Å². The molecule has 1 aliphatic heterocycles. The van der Waals surface area contributed by atoms with Crippen LogP contribution in [0.15, 0.2) is 30.7 Å². The summed E-state index contributed by atoms with van der Waals surface area (Å²) in [5.41, 5.74) is 1.29. The first-order valence-electron chi connectivity index (χ1n) is 11.6. The summed E-state index contributed by atoms with van der Waals surface area (Å²) >= 11 is 1.05. The number of likely N-dealkylation sites (tertiary alicyclic amines) is 1. The van der Waals surface area contributed by atoms with Gasteiger partial charge in [0.15, 0.2) is 0 Å². The number of halogens is 3. The lowest BCUT2D eigenvalue weighted by atomic mass is 10.0. The van der Waals surface area contributed by atoms with Crippen LogP contribution in [-0.2, 0) is 0 Å². The van der Waals surface area contributed by atoms with Crippen LogP contribution >= 0.6 is 11.5 Å². The van der Waals surface area contributed by atoms with Gasteiger partial charge in [-0.05, 0) is 37.4 Å². The first-order chi connectivity index (χ1) is 18.1. The average Bonchev–Trinajstić information content (AvgIpc) is 3.24. The summed E-state index contributed by atoms with van der Waals surface area (Å²) in [5.74, 6) is -0.264. The van der Waals surface area contributed by atoms with Crippen molar-refractivity contribution in [2.75, 3.05) is 37.4 Å². The second kappa shape index (κ2) is 11.7. The third kappa shape index (κ3) is 7.13. The average molecular weight is 551 g/mol. The Kier molecular flexibility index (Phi) is 8.36. The number of piperidine rings is 1. The summed E-state index contributed by atoms with van der Waals surface area (Å²) in [6, 6.07) is 3.00. The van der Waals surface area contributed by atoms with E-state index in [9.17, 15) is 22.8 Å². The Labute approximate surface area is 220 Å². The summed E-state index contributed by atoms with van der Waals surface area (Å²) in [6.45, 7) is 1.21. The summed E-state index contributed by atoms with van der Waals surface area (Å²) in [5, 5.41) is 8.98. The standard InChI is InChI=1S/C23H25F3N8O3S/c1-13-19(21(36)30-15-3-4-18(37-2)28-9-15)22(38-33-13)32-17-11-27-10-16(31-17)20(35)29-14-5-7-34(8-6-14)12-23(24,25)26/h3-4,9-11,14H,5-8,12H2,1-2H3,(H,29,35)(H,30,36)(H,31,32). The molecule has 202 valence electrons. The lowest BCUT2D eigenvalue weighted by molar-refractivity contribution is -0.148. The van der Waals surface area contributed by atoms with Crippen LogP contribution in [0.2, 0.25) is 0 Å².